The smallest absolute Gasteiger partial charge is 0.133 e. The molecule has 0 radical (unpaired) electrons. The first-order valence-electron chi connectivity index (χ1n) is 7.84. The minimum Gasteiger partial charge on any atom is -0.359 e. The molecule has 3 heteroatoms. The lowest BCUT2D eigenvalue weighted by Gasteiger charge is -2.25. The summed E-state index contributed by atoms with van der Waals surface area (Å²) in [7, 11) is 0. The van der Waals surface area contributed by atoms with Crippen LogP contribution in [0.25, 0.3) is 11.3 Å². The number of hydrogen-bond acceptors (Lipinski definition) is 1. The Kier molecular flexibility index (Phi) is 6.17. The van der Waals surface area contributed by atoms with Crippen molar-refractivity contribution in [2.24, 2.45) is 0 Å². The average Bonchev–Trinajstić information content (AvgIpc) is 2.57. The molecule has 0 unspecified atom stereocenters. The van der Waals surface area contributed by atoms with E-state index in [9.17, 15) is 4.39 Å². The Hall–Kier alpha value is -1.87. The lowest BCUT2D eigenvalue weighted by Crippen LogP contribution is -2.19. The molecular weight excluding hydrogens is 353 g/mol. The van der Waals surface area contributed by atoms with E-state index in [0.717, 1.165) is 39.8 Å². The van der Waals surface area contributed by atoms with Crippen molar-refractivity contribution < 1.29 is 4.39 Å². The predicted octanol–water partition coefficient (Wildman–Crippen LogP) is 6.38. The first kappa shape index (κ1) is 17.5. The van der Waals surface area contributed by atoms with Gasteiger partial charge in [-0.2, -0.15) is 0 Å². The van der Waals surface area contributed by atoms with Gasteiger partial charge in [-0.3, -0.25) is 0 Å². The normalized spacial score (nSPS) is 14.0. The average molecular weight is 374 g/mol. The molecule has 120 valence electrons. The highest BCUT2D eigenvalue weighted by molar-refractivity contribution is 9.10. The van der Waals surface area contributed by atoms with Crippen LogP contribution in [0.15, 0.2) is 65.3 Å². The van der Waals surface area contributed by atoms with Gasteiger partial charge in [-0.25, -0.2) is 4.39 Å². The molecule has 1 aliphatic heterocycles. The molecule has 0 fully saturated rings. The van der Waals surface area contributed by atoms with E-state index in [-0.39, 0.29) is 5.82 Å². The lowest BCUT2D eigenvalue weighted by atomic mass is 9.92. The van der Waals surface area contributed by atoms with E-state index in [1.807, 2.05) is 38.1 Å². The second kappa shape index (κ2) is 8.11. The van der Waals surface area contributed by atoms with Crippen LogP contribution in [0.4, 0.5) is 4.39 Å². The van der Waals surface area contributed by atoms with E-state index in [1.165, 1.54) is 6.07 Å². The molecular formula is C20H21BrFN. The molecule has 2 aromatic carbocycles. The molecule has 0 aliphatic carbocycles. The zero-order valence-electron chi connectivity index (χ0n) is 13.5. The first-order chi connectivity index (χ1) is 11.2. The zero-order valence-corrected chi connectivity index (χ0v) is 15.1. The van der Waals surface area contributed by atoms with Gasteiger partial charge in [-0.05, 0) is 52.0 Å². The van der Waals surface area contributed by atoms with E-state index in [2.05, 4.69) is 40.0 Å². The van der Waals surface area contributed by atoms with Crippen molar-refractivity contribution in [3.63, 3.8) is 0 Å². The van der Waals surface area contributed by atoms with Gasteiger partial charge in [0.1, 0.15) is 5.82 Å². The fraction of sp³-hybridized carbons (Fsp3) is 0.200. The second-order valence-electron chi connectivity index (χ2n) is 5.04. The Bertz CT molecular complexity index is 699. The topological polar surface area (TPSA) is 12.0 Å². The quantitative estimate of drug-likeness (QED) is 0.643. The van der Waals surface area contributed by atoms with Crippen LogP contribution < -0.4 is 5.32 Å². The summed E-state index contributed by atoms with van der Waals surface area (Å²) in [6.07, 6.45) is 1.71. The van der Waals surface area contributed by atoms with E-state index >= 15 is 0 Å². The molecule has 2 aromatic rings. The number of hydrogen-bond donors (Lipinski definition) is 1. The summed E-state index contributed by atoms with van der Waals surface area (Å²) in [5, 5.41) is 3.28. The molecule has 0 amide bonds. The van der Waals surface area contributed by atoms with Crippen LogP contribution in [0.3, 0.4) is 0 Å². The maximum atomic E-state index is 14.3. The summed E-state index contributed by atoms with van der Waals surface area (Å²) in [6.45, 7) is 7.99. The first-order valence-corrected chi connectivity index (χ1v) is 8.64. The number of benzene rings is 2. The van der Waals surface area contributed by atoms with Crippen molar-refractivity contribution in [2.45, 2.75) is 26.7 Å². The fourth-order valence-corrected chi connectivity index (χ4v) is 3.13. The van der Waals surface area contributed by atoms with Gasteiger partial charge in [0.15, 0.2) is 0 Å². The van der Waals surface area contributed by atoms with Crippen LogP contribution in [0.5, 0.6) is 0 Å². The third kappa shape index (κ3) is 3.91. The maximum absolute atomic E-state index is 14.3. The number of nitrogens with one attached hydrogen (secondary N) is 1. The van der Waals surface area contributed by atoms with Crippen LogP contribution in [0, 0.1) is 5.82 Å². The molecule has 23 heavy (non-hydrogen) atoms. The summed E-state index contributed by atoms with van der Waals surface area (Å²) in [5.41, 5.74) is 4.52. The van der Waals surface area contributed by atoms with Gasteiger partial charge in [0, 0.05) is 15.7 Å². The van der Waals surface area contributed by atoms with Gasteiger partial charge in [-0.1, -0.05) is 56.8 Å². The van der Waals surface area contributed by atoms with Crippen LogP contribution in [0.2, 0.25) is 0 Å². The van der Waals surface area contributed by atoms with Crippen molar-refractivity contribution in [1.82, 2.24) is 5.32 Å². The van der Waals surface area contributed by atoms with Crippen molar-refractivity contribution in [3.05, 3.63) is 82.2 Å². The van der Waals surface area contributed by atoms with E-state index in [4.69, 9.17) is 0 Å². The third-order valence-electron chi connectivity index (χ3n) is 3.62. The summed E-state index contributed by atoms with van der Waals surface area (Å²) in [5.74, 6) is -0.241. The van der Waals surface area contributed by atoms with Crippen LogP contribution in [-0.2, 0) is 0 Å². The molecule has 0 spiro atoms. The van der Waals surface area contributed by atoms with Gasteiger partial charge in [0.05, 0.1) is 5.70 Å². The molecule has 0 bridgehead atoms. The predicted molar refractivity (Wildman–Crippen MR) is 100 cm³/mol. The Morgan fingerprint density at radius 1 is 1.00 bits per heavy atom. The van der Waals surface area contributed by atoms with E-state index in [1.54, 1.807) is 6.07 Å². The Labute approximate surface area is 146 Å². The highest BCUT2D eigenvalue weighted by atomic mass is 79.9. The molecule has 0 saturated carbocycles. The highest BCUT2D eigenvalue weighted by Crippen LogP contribution is 2.37. The van der Waals surface area contributed by atoms with Crippen LogP contribution in [0.1, 0.15) is 37.8 Å². The van der Waals surface area contributed by atoms with Crippen molar-refractivity contribution in [3.8, 4) is 0 Å². The Balaban J connectivity index is 0.000000924. The van der Waals surface area contributed by atoms with E-state index in [0.29, 0.717) is 5.56 Å². The summed E-state index contributed by atoms with van der Waals surface area (Å²) in [4.78, 5) is 0. The largest absolute Gasteiger partial charge is 0.359 e. The monoisotopic (exact) mass is 373 g/mol. The minimum absolute atomic E-state index is 0.241. The van der Waals surface area contributed by atoms with Crippen molar-refractivity contribution in [1.29, 1.82) is 0 Å². The fourth-order valence-electron chi connectivity index (χ4n) is 2.59. The summed E-state index contributed by atoms with van der Waals surface area (Å²) < 4.78 is 15.1. The number of halogens is 2. The van der Waals surface area contributed by atoms with Gasteiger partial charge >= 0.3 is 0 Å². The molecule has 3 rings (SSSR count). The Morgan fingerprint density at radius 2 is 1.70 bits per heavy atom. The third-order valence-corrected chi connectivity index (χ3v) is 4.28. The molecule has 0 aromatic heterocycles. The SMILES string of the molecule is C=C1CCC(c2ccccc2)=C(c2c(F)cccc2Br)N1.CC. The standard InChI is InChI=1S/C18H15BrFN.C2H6/c1-12-10-11-14(13-6-3-2-4-7-13)18(21-12)17-15(19)8-5-9-16(17)20;1-2/h2-9,21H,1,10-11H2;1-2H3. The zero-order chi connectivity index (χ0) is 16.8. The van der Waals surface area contributed by atoms with Crippen molar-refractivity contribution >= 4 is 27.2 Å². The van der Waals surface area contributed by atoms with Crippen LogP contribution >= 0.6 is 15.9 Å². The molecule has 1 aliphatic rings. The molecule has 1 N–H and O–H groups in total. The van der Waals surface area contributed by atoms with Crippen LogP contribution in [-0.4, -0.2) is 0 Å². The number of allylic oxidation sites excluding steroid dienone is 2. The summed E-state index contributed by atoms with van der Waals surface area (Å²) >= 11 is 3.46. The van der Waals surface area contributed by atoms with Gasteiger partial charge in [0.2, 0.25) is 0 Å². The second-order valence-corrected chi connectivity index (χ2v) is 5.90. The van der Waals surface area contributed by atoms with E-state index < -0.39 is 0 Å². The van der Waals surface area contributed by atoms with Gasteiger partial charge in [-0.15, -0.1) is 0 Å². The molecule has 0 saturated heterocycles. The maximum Gasteiger partial charge on any atom is 0.133 e. The van der Waals surface area contributed by atoms with Gasteiger partial charge < -0.3 is 5.32 Å². The number of rotatable bonds is 2. The highest BCUT2D eigenvalue weighted by Gasteiger charge is 2.21. The molecule has 1 heterocycles. The molecule has 1 nitrogen and oxygen atoms in total. The molecule has 0 atom stereocenters. The van der Waals surface area contributed by atoms with Gasteiger partial charge in [0.25, 0.3) is 0 Å². The summed E-state index contributed by atoms with van der Waals surface area (Å²) in [6, 6.07) is 15.1. The lowest BCUT2D eigenvalue weighted by molar-refractivity contribution is 0.621. The Morgan fingerprint density at radius 3 is 2.35 bits per heavy atom. The minimum atomic E-state index is -0.241. The van der Waals surface area contributed by atoms with Crippen molar-refractivity contribution in [2.75, 3.05) is 0 Å².